The molecular formula is C87H91Cl2N7O17. The van der Waals surface area contributed by atoms with Gasteiger partial charge in [-0.1, -0.05) is 77.7 Å². The molecule has 0 bridgehead atoms. The second-order valence-electron chi connectivity index (χ2n) is 27.6. The van der Waals surface area contributed by atoms with E-state index in [4.69, 9.17) is 61.1 Å². The van der Waals surface area contributed by atoms with Crippen molar-refractivity contribution in [2.75, 3.05) is 62.2 Å². The van der Waals surface area contributed by atoms with Crippen LogP contribution in [-0.4, -0.2) is 116 Å². The number of hydrogen-bond donors (Lipinski definition) is 3. The number of aromatic nitrogens is 4. The zero-order valence-corrected chi connectivity index (χ0v) is 66.1. The normalized spacial score (nSPS) is 17.2. The summed E-state index contributed by atoms with van der Waals surface area (Å²) in [6.45, 7) is 1.63. The van der Waals surface area contributed by atoms with E-state index in [0.29, 0.717) is 93.3 Å². The number of H-pyrrole nitrogens is 2. The third kappa shape index (κ3) is 20.9. The quantitative estimate of drug-likeness (QED) is 0.0223. The number of rotatable bonds is 19. The Morgan fingerprint density at radius 3 is 1.45 bits per heavy atom. The van der Waals surface area contributed by atoms with E-state index in [1.807, 2.05) is 78.9 Å². The second kappa shape index (κ2) is 39.9. The van der Waals surface area contributed by atoms with Crippen molar-refractivity contribution in [3.63, 3.8) is 0 Å². The minimum Gasteiger partial charge on any atom is -0.497 e. The minimum atomic E-state index is -0.843. The highest BCUT2D eigenvalue weighted by Gasteiger charge is 2.38. The molecule has 0 spiro atoms. The number of nitro groups is 2. The van der Waals surface area contributed by atoms with Crippen LogP contribution in [0.3, 0.4) is 0 Å². The van der Waals surface area contributed by atoms with E-state index in [-0.39, 0.29) is 57.6 Å². The van der Waals surface area contributed by atoms with Crippen LogP contribution >= 0.6 is 23.2 Å². The van der Waals surface area contributed by atoms with Crippen LogP contribution in [0.2, 0.25) is 10.0 Å². The lowest BCUT2D eigenvalue weighted by atomic mass is 9.75. The molecule has 1 amide bonds. The van der Waals surface area contributed by atoms with Gasteiger partial charge in [0.1, 0.15) is 63.3 Å². The van der Waals surface area contributed by atoms with Crippen molar-refractivity contribution < 1.29 is 71.7 Å². The van der Waals surface area contributed by atoms with Crippen LogP contribution < -0.4 is 43.2 Å². The third-order valence-electron chi connectivity index (χ3n) is 20.8. The standard InChI is InChI=1S/C25H23Cl2N3O3.C21H21N3O4.C21H21NO6.C14H18O3.C6H8O/c1-4-7-21(31)28-17-9-6-5-8-15(17)25-16-11-10-14(12-18(16)29-30-25)22-23(26)19(32-2)13-20(33-3)24(22)27;1-27-15-9-14(10-16(12-15)28-2)13-7-8-17-19(11-13)22-23-21(17)18-5-3-4-6-20(18)24(25)26;1-27-15-9-14(10-16(12-15)28-2)13-7-8-18(20(23)11-13)21(24)17-5-3-4-6-19(17)22(25)26;1-16-13-7-11(8-14(9-13)17-2)10-4-3-5-12(15)6-10;7-6-4-2-1-3-5-6/h5-6,8-9,13-14H,10-12H2,1-3H3,(H,28,31)(H,29,30);3-6,9-10,12-13H,7-8,11H2,1-2H3,(H,22,23);3-6,9-10,12-13,18H,7-8,11H2,1-2H3;7-10H,3-6H2,1-2H3;2,4H,1,3,5H2. The zero-order valence-electron chi connectivity index (χ0n) is 64.5. The fourth-order valence-corrected chi connectivity index (χ4v) is 15.8. The Kier molecular flexibility index (Phi) is 29.5. The summed E-state index contributed by atoms with van der Waals surface area (Å²) in [6, 6.07) is 39.1. The summed E-state index contributed by atoms with van der Waals surface area (Å²) in [4.78, 5) is 81.1. The highest BCUT2D eigenvalue weighted by molar-refractivity contribution is 6.38. The first-order valence-corrected chi connectivity index (χ1v) is 37.9. The van der Waals surface area contributed by atoms with E-state index in [1.54, 1.807) is 106 Å². The second-order valence-corrected chi connectivity index (χ2v) is 28.3. The van der Waals surface area contributed by atoms with Crippen molar-refractivity contribution in [2.45, 2.75) is 133 Å². The Labute approximate surface area is 665 Å². The Hall–Kier alpha value is -11.8. The Morgan fingerprint density at radius 2 is 0.982 bits per heavy atom. The average molecular weight is 1580 g/mol. The number of allylic oxidation sites excluding steroid dienone is 2. The van der Waals surface area contributed by atoms with Crippen molar-refractivity contribution in [3.05, 3.63) is 226 Å². The lowest BCUT2D eigenvalue weighted by Gasteiger charge is -2.27. The molecule has 5 atom stereocenters. The highest BCUT2D eigenvalue weighted by atomic mass is 35.5. The van der Waals surface area contributed by atoms with Gasteiger partial charge in [0.05, 0.1) is 105 Å². The van der Waals surface area contributed by atoms with Gasteiger partial charge in [0.15, 0.2) is 11.6 Å². The first-order chi connectivity index (χ1) is 54.6. The van der Waals surface area contributed by atoms with Crippen molar-refractivity contribution in [1.82, 2.24) is 20.4 Å². The molecule has 9 aromatic rings. The minimum absolute atomic E-state index is 0.00708. The predicted molar refractivity (Wildman–Crippen MR) is 431 cm³/mol. The number of nitrogens with one attached hydrogen (secondary N) is 3. The summed E-state index contributed by atoms with van der Waals surface area (Å²) in [5.41, 5.74) is 11.7. The van der Waals surface area contributed by atoms with Crippen LogP contribution in [-0.2, 0) is 44.9 Å². The van der Waals surface area contributed by atoms with Crippen molar-refractivity contribution in [1.29, 1.82) is 0 Å². The average Bonchev–Trinajstić information content (AvgIpc) is 1.66. The lowest BCUT2D eigenvalue weighted by molar-refractivity contribution is -0.385. The molecule has 2 aromatic heterocycles. The van der Waals surface area contributed by atoms with Gasteiger partial charge in [0, 0.05) is 95.7 Å². The molecule has 2 fully saturated rings. The molecule has 5 unspecified atom stereocenters. The summed E-state index contributed by atoms with van der Waals surface area (Å²) >= 11 is 13.3. The number of ketones is 4. The fraction of sp³-hybridized carbons (Fsp3) is 0.345. The highest BCUT2D eigenvalue weighted by Crippen LogP contribution is 2.49. The first kappa shape index (κ1) is 83.7. The number of hydrogen-bond acceptors (Lipinski definition) is 19. The number of para-hydroxylation sites is 3. The molecule has 590 valence electrons. The number of ether oxygens (including phenoxy) is 8. The summed E-state index contributed by atoms with van der Waals surface area (Å²) in [5.74, 6) is 10.0. The maximum absolute atomic E-state index is 12.8. The van der Waals surface area contributed by atoms with Crippen LogP contribution in [0.4, 0.5) is 17.1 Å². The lowest BCUT2D eigenvalue weighted by Crippen LogP contribution is -2.30. The first-order valence-electron chi connectivity index (χ1n) is 37.1. The van der Waals surface area contributed by atoms with E-state index < -0.39 is 16.6 Å². The van der Waals surface area contributed by atoms with Crippen LogP contribution in [0.5, 0.6) is 46.0 Å². The number of nitro benzene ring substituents is 2. The SMILES string of the molecule is CC#CC(=O)Nc1ccccc1-c1n[nH]c2c1CCC(c1c(Cl)c(OC)cc(OC)c1Cl)C2.COc1cc(OC)cc(C2CCC(C(=O)c3ccccc3[N+](=O)[O-])C(=O)C2)c1.COc1cc(OC)cc(C2CCCC(=O)C2)c1.COc1cc(OC)cc(C2CCc3c(-c4ccccc4[N+](=O)[O-])n[nH]c3C2)c1.O=C1C=CCCC1. The molecule has 3 N–H and O–H groups in total. The number of carbonyl (C=O) groups is 5. The Balaban J connectivity index is 0.000000158. The van der Waals surface area contributed by atoms with E-state index in [0.717, 1.165) is 150 Å². The van der Waals surface area contributed by atoms with Crippen molar-refractivity contribution >= 4 is 69.3 Å². The molecule has 0 saturated heterocycles. The monoisotopic (exact) mass is 1580 g/mol. The van der Waals surface area contributed by atoms with Crippen LogP contribution in [0.25, 0.3) is 22.5 Å². The molecular weight excluding hydrogens is 1490 g/mol. The van der Waals surface area contributed by atoms with Gasteiger partial charge in [-0.05, 0) is 191 Å². The third-order valence-corrected chi connectivity index (χ3v) is 21.6. The number of anilines is 1. The number of fused-ring (bicyclic) bond motifs is 2. The molecule has 0 aliphatic heterocycles. The van der Waals surface area contributed by atoms with Crippen LogP contribution in [0.1, 0.15) is 163 Å². The summed E-state index contributed by atoms with van der Waals surface area (Å²) in [5, 5.41) is 41.8. The number of nitrogens with zero attached hydrogens (tertiary/aromatic N) is 4. The molecule has 14 rings (SSSR count). The molecule has 26 heteroatoms. The number of aromatic amines is 2. The van der Waals surface area contributed by atoms with Gasteiger partial charge < -0.3 is 43.2 Å². The molecule has 0 radical (unpaired) electrons. The van der Waals surface area contributed by atoms with E-state index >= 15 is 0 Å². The van der Waals surface area contributed by atoms with E-state index in [1.165, 1.54) is 24.3 Å². The molecule has 113 heavy (non-hydrogen) atoms. The Bertz CT molecular complexity index is 4960. The summed E-state index contributed by atoms with van der Waals surface area (Å²) in [6.07, 6.45) is 15.9. The number of halogens is 2. The van der Waals surface area contributed by atoms with Crippen LogP contribution in [0.15, 0.2) is 146 Å². The number of carbonyl (C=O) groups excluding carboxylic acids is 5. The van der Waals surface area contributed by atoms with Gasteiger partial charge in [-0.15, -0.1) is 0 Å². The maximum Gasteiger partial charge on any atom is 0.300 e. The molecule has 5 aliphatic carbocycles. The smallest absolute Gasteiger partial charge is 0.300 e. The maximum atomic E-state index is 12.8. The van der Waals surface area contributed by atoms with E-state index in [9.17, 15) is 44.2 Å². The van der Waals surface area contributed by atoms with Gasteiger partial charge in [-0.2, -0.15) is 10.2 Å². The number of methoxy groups -OCH3 is 8. The van der Waals surface area contributed by atoms with Crippen molar-refractivity contribution in [2.24, 2.45) is 5.92 Å². The van der Waals surface area contributed by atoms with Gasteiger partial charge in [0.25, 0.3) is 17.3 Å². The van der Waals surface area contributed by atoms with Crippen molar-refractivity contribution in [3.8, 4) is 80.4 Å². The van der Waals surface area contributed by atoms with Gasteiger partial charge in [-0.25, -0.2) is 0 Å². The van der Waals surface area contributed by atoms with Gasteiger partial charge in [-0.3, -0.25) is 54.4 Å². The molecule has 2 heterocycles. The number of Topliss-reactive ketones (excluding diaryl/α,β-unsaturated/α-hetero) is 3. The number of benzene rings is 7. The summed E-state index contributed by atoms with van der Waals surface area (Å²) < 4.78 is 42.7. The molecule has 24 nitrogen and oxygen atoms in total. The fourth-order valence-electron chi connectivity index (χ4n) is 15.0. The molecule has 2 saturated carbocycles. The van der Waals surface area contributed by atoms with Gasteiger partial charge in [0.2, 0.25) is 0 Å². The Morgan fingerprint density at radius 1 is 0.513 bits per heavy atom. The van der Waals surface area contributed by atoms with Crippen LogP contribution in [0, 0.1) is 38.0 Å². The topological polar surface area (TPSA) is 315 Å². The predicted octanol–water partition coefficient (Wildman–Crippen LogP) is 18.1. The van der Waals surface area contributed by atoms with E-state index in [2.05, 4.69) is 37.6 Å². The molecule has 7 aromatic carbocycles. The molecule has 5 aliphatic rings. The number of amides is 1. The summed E-state index contributed by atoms with van der Waals surface area (Å²) in [7, 11) is 12.8. The van der Waals surface area contributed by atoms with Gasteiger partial charge >= 0.3 is 0 Å². The zero-order chi connectivity index (χ0) is 80.8. The largest absolute Gasteiger partial charge is 0.497 e.